The quantitative estimate of drug-likeness (QED) is 0.516. The van der Waals surface area contributed by atoms with E-state index in [0.717, 1.165) is 6.42 Å². The Hall–Kier alpha value is -1.65. The van der Waals surface area contributed by atoms with Crippen LogP contribution in [0.3, 0.4) is 0 Å². The highest BCUT2D eigenvalue weighted by atomic mass is 16.4. The van der Waals surface area contributed by atoms with E-state index in [1.54, 1.807) is 13.0 Å². The maximum atomic E-state index is 10.4. The zero-order chi connectivity index (χ0) is 14.4. The monoisotopic (exact) mass is 258 g/mol. The maximum absolute atomic E-state index is 10.4. The van der Waals surface area contributed by atoms with Crippen LogP contribution in [0.5, 0.6) is 0 Å². The minimum Gasteiger partial charge on any atom is -0.481 e. The van der Waals surface area contributed by atoms with Crippen LogP contribution in [0.15, 0.2) is 12.2 Å². The Bertz CT molecular complexity index is 267. The molecule has 0 spiro atoms. The Kier molecular flexibility index (Phi) is 13.9. The number of hydrogen-bond acceptors (Lipinski definition) is 3. The van der Waals surface area contributed by atoms with Gasteiger partial charge in [-0.1, -0.05) is 25.8 Å². The first-order valence-corrected chi connectivity index (χ1v) is 6.00. The van der Waals surface area contributed by atoms with Gasteiger partial charge in [0.05, 0.1) is 12.8 Å². The Morgan fingerprint density at radius 2 is 1.50 bits per heavy atom. The zero-order valence-electron chi connectivity index (χ0n) is 11.0. The molecule has 5 nitrogen and oxygen atoms in total. The molecule has 0 aliphatic carbocycles. The molecule has 0 radical (unpaired) electrons. The van der Waals surface area contributed by atoms with Crippen molar-refractivity contribution in [1.29, 1.82) is 0 Å². The van der Waals surface area contributed by atoms with Crippen molar-refractivity contribution in [1.82, 2.24) is 0 Å². The lowest BCUT2D eigenvalue weighted by atomic mass is 10.2. The van der Waals surface area contributed by atoms with Crippen molar-refractivity contribution in [3.8, 4) is 0 Å². The molecule has 0 aliphatic heterocycles. The van der Waals surface area contributed by atoms with E-state index in [4.69, 9.17) is 10.2 Å². The molecule has 0 saturated heterocycles. The Labute approximate surface area is 108 Å². The highest BCUT2D eigenvalue weighted by molar-refractivity contribution is 5.87. The van der Waals surface area contributed by atoms with Gasteiger partial charge in [-0.15, -0.1) is 0 Å². The molecule has 18 heavy (non-hydrogen) atoms. The molecular formula is C13H22O5. The Morgan fingerprint density at radius 1 is 1.00 bits per heavy atom. The number of allylic oxidation sites excluding steroid dienone is 2. The molecular weight excluding hydrogens is 236 g/mol. The van der Waals surface area contributed by atoms with Gasteiger partial charge in [-0.25, -0.2) is 0 Å². The summed E-state index contributed by atoms with van der Waals surface area (Å²) in [6.45, 7) is 3.75. The predicted octanol–water partition coefficient (Wildman–Crippen LogP) is 2.65. The third-order valence-electron chi connectivity index (χ3n) is 1.88. The van der Waals surface area contributed by atoms with Gasteiger partial charge in [0.15, 0.2) is 5.78 Å². The molecule has 0 rings (SSSR count). The van der Waals surface area contributed by atoms with Crippen LogP contribution >= 0.6 is 0 Å². The van der Waals surface area contributed by atoms with E-state index < -0.39 is 11.9 Å². The van der Waals surface area contributed by atoms with Gasteiger partial charge in [-0.3, -0.25) is 14.4 Å². The number of aliphatic carboxylic acids is 2. The minimum absolute atomic E-state index is 0.150. The lowest BCUT2D eigenvalue weighted by Crippen LogP contribution is -2.00. The molecule has 0 bridgehead atoms. The van der Waals surface area contributed by atoms with E-state index in [1.165, 1.54) is 19.3 Å². The second-order valence-corrected chi connectivity index (χ2v) is 3.80. The number of hydrogen-bond donors (Lipinski definition) is 2. The van der Waals surface area contributed by atoms with Crippen molar-refractivity contribution in [2.24, 2.45) is 0 Å². The van der Waals surface area contributed by atoms with Gasteiger partial charge in [-0.05, 0) is 25.8 Å². The van der Waals surface area contributed by atoms with E-state index in [-0.39, 0.29) is 18.6 Å². The van der Waals surface area contributed by atoms with Crippen molar-refractivity contribution in [2.45, 2.75) is 52.4 Å². The van der Waals surface area contributed by atoms with E-state index in [9.17, 15) is 14.4 Å². The summed E-state index contributed by atoms with van der Waals surface area (Å²) < 4.78 is 0. The fraction of sp³-hybridized carbons (Fsp3) is 0.615. The maximum Gasteiger partial charge on any atom is 0.303 e. The zero-order valence-corrected chi connectivity index (χ0v) is 11.0. The number of rotatable bonds is 8. The first-order chi connectivity index (χ1) is 8.40. The summed E-state index contributed by atoms with van der Waals surface area (Å²) in [5.74, 6) is -2.00. The lowest BCUT2D eigenvalue weighted by molar-refractivity contribution is -0.143. The standard InChI is InChI=1S/C9H16O.C4H6O4/c1-3-4-5-6-7-8-9(2)10;5-3(6)1-2-4(7)8/h7-8H,3-6H2,1-2H3;1-2H2,(H,5,6)(H,7,8). The molecule has 0 aromatic heterocycles. The molecule has 0 fully saturated rings. The van der Waals surface area contributed by atoms with Crippen LogP contribution in [0.4, 0.5) is 0 Å². The summed E-state index contributed by atoms with van der Waals surface area (Å²) in [4.78, 5) is 29.7. The average Bonchev–Trinajstić information content (AvgIpc) is 2.26. The lowest BCUT2D eigenvalue weighted by Gasteiger charge is -1.89. The number of unbranched alkanes of at least 4 members (excludes halogenated alkanes) is 3. The molecule has 0 aromatic carbocycles. The topological polar surface area (TPSA) is 91.7 Å². The van der Waals surface area contributed by atoms with E-state index in [2.05, 4.69) is 6.92 Å². The molecule has 2 N–H and O–H groups in total. The molecule has 0 aromatic rings. The molecule has 104 valence electrons. The number of carboxylic acids is 2. The van der Waals surface area contributed by atoms with Gasteiger partial charge >= 0.3 is 11.9 Å². The molecule has 0 saturated carbocycles. The van der Waals surface area contributed by atoms with Gasteiger partial charge < -0.3 is 10.2 Å². The van der Waals surface area contributed by atoms with Gasteiger partial charge in [0.25, 0.3) is 0 Å². The van der Waals surface area contributed by atoms with Crippen LogP contribution in [0, 0.1) is 0 Å². The average molecular weight is 258 g/mol. The van der Waals surface area contributed by atoms with Gasteiger partial charge in [0.2, 0.25) is 0 Å². The van der Waals surface area contributed by atoms with Crippen LogP contribution in [0.1, 0.15) is 52.4 Å². The number of ketones is 1. The normalized spacial score (nSPS) is 9.67. The second-order valence-electron chi connectivity index (χ2n) is 3.80. The summed E-state index contributed by atoms with van der Waals surface area (Å²) in [5.41, 5.74) is 0. The van der Waals surface area contributed by atoms with Crippen molar-refractivity contribution in [3.05, 3.63) is 12.2 Å². The first kappa shape index (κ1) is 18.7. The van der Waals surface area contributed by atoms with Gasteiger partial charge in [0.1, 0.15) is 0 Å². The van der Waals surface area contributed by atoms with Crippen molar-refractivity contribution >= 4 is 17.7 Å². The van der Waals surface area contributed by atoms with Gasteiger partial charge in [-0.2, -0.15) is 0 Å². The minimum atomic E-state index is -1.08. The summed E-state index contributed by atoms with van der Waals surface area (Å²) in [7, 11) is 0. The molecule has 0 atom stereocenters. The molecule has 0 aliphatic rings. The van der Waals surface area contributed by atoms with Gasteiger partial charge in [0, 0.05) is 0 Å². The fourth-order valence-electron chi connectivity index (χ4n) is 0.975. The SMILES string of the molecule is CCCCCC=CC(C)=O.O=C(O)CCC(=O)O. The molecule has 0 unspecified atom stereocenters. The Morgan fingerprint density at radius 3 is 1.83 bits per heavy atom. The van der Waals surface area contributed by atoms with E-state index in [0.29, 0.717) is 0 Å². The summed E-state index contributed by atoms with van der Waals surface area (Å²) >= 11 is 0. The van der Waals surface area contributed by atoms with E-state index in [1.807, 2.05) is 6.08 Å². The summed E-state index contributed by atoms with van der Waals surface area (Å²) in [6, 6.07) is 0. The number of carbonyl (C=O) groups is 3. The van der Waals surface area contributed by atoms with Crippen LogP contribution in [-0.4, -0.2) is 27.9 Å². The largest absolute Gasteiger partial charge is 0.481 e. The second kappa shape index (κ2) is 13.4. The van der Waals surface area contributed by atoms with Crippen molar-refractivity contribution < 1.29 is 24.6 Å². The first-order valence-electron chi connectivity index (χ1n) is 6.00. The van der Waals surface area contributed by atoms with Crippen molar-refractivity contribution in [2.75, 3.05) is 0 Å². The highest BCUT2D eigenvalue weighted by Gasteiger charge is 2.00. The summed E-state index contributed by atoms with van der Waals surface area (Å²) in [6.07, 6.45) is 7.78. The Balaban J connectivity index is 0. The third kappa shape index (κ3) is 23.9. The predicted molar refractivity (Wildman–Crippen MR) is 68.5 cm³/mol. The summed E-state index contributed by atoms with van der Waals surface area (Å²) in [5, 5.41) is 15.8. The molecule has 0 heterocycles. The molecule has 0 amide bonds. The number of carboxylic acid groups (broad SMARTS) is 2. The van der Waals surface area contributed by atoms with Crippen LogP contribution in [0.25, 0.3) is 0 Å². The van der Waals surface area contributed by atoms with Crippen molar-refractivity contribution in [3.63, 3.8) is 0 Å². The van der Waals surface area contributed by atoms with Crippen LogP contribution in [-0.2, 0) is 14.4 Å². The molecule has 5 heteroatoms. The van der Waals surface area contributed by atoms with E-state index >= 15 is 0 Å². The highest BCUT2D eigenvalue weighted by Crippen LogP contribution is 1.99. The number of carbonyl (C=O) groups excluding carboxylic acids is 1. The smallest absolute Gasteiger partial charge is 0.303 e. The van der Waals surface area contributed by atoms with Crippen LogP contribution < -0.4 is 0 Å². The third-order valence-corrected chi connectivity index (χ3v) is 1.88. The van der Waals surface area contributed by atoms with Crippen LogP contribution in [0.2, 0.25) is 0 Å². The fourth-order valence-corrected chi connectivity index (χ4v) is 0.975.